The van der Waals surface area contributed by atoms with Crippen LogP contribution in [0.3, 0.4) is 0 Å². The summed E-state index contributed by atoms with van der Waals surface area (Å²) < 4.78 is 5.18. The average Bonchev–Trinajstić information content (AvgIpc) is 2.84. The minimum Gasteiger partial charge on any atom is -0.497 e. The Morgan fingerprint density at radius 1 is 1.15 bits per heavy atom. The fourth-order valence-electron chi connectivity index (χ4n) is 3.13. The number of para-hydroxylation sites is 1. The molecular weight excluding hydrogens is 340 g/mol. The molecule has 0 unspecified atom stereocenters. The summed E-state index contributed by atoms with van der Waals surface area (Å²) in [7, 11) is 1.66. The molecule has 0 fully saturated rings. The molecule has 6 nitrogen and oxygen atoms in total. The SMILES string of the molecule is COc1ccc(CCNc2ncc3c(n2)-c2ccccc2NC(=O)C3)cc1. The monoisotopic (exact) mass is 360 g/mol. The Morgan fingerprint density at radius 3 is 2.78 bits per heavy atom. The number of methoxy groups -OCH3 is 1. The highest BCUT2D eigenvalue weighted by atomic mass is 16.5. The van der Waals surface area contributed by atoms with E-state index in [2.05, 4.69) is 20.6 Å². The zero-order valence-electron chi connectivity index (χ0n) is 15.0. The lowest BCUT2D eigenvalue weighted by Gasteiger charge is -2.10. The molecule has 2 N–H and O–H groups in total. The number of carbonyl (C=O) groups excluding carboxylic acids is 1. The van der Waals surface area contributed by atoms with Crippen LogP contribution in [0.2, 0.25) is 0 Å². The Labute approximate surface area is 157 Å². The highest BCUT2D eigenvalue weighted by molar-refractivity contribution is 5.99. The van der Waals surface area contributed by atoms with Crippen LogP contribution in [0.1, 0.15) is 11.1 Å². The molecule has 4 rings (SSSR count). The largest absolute Gasteiger partial charge is 0.497 e. The van der Waals surface area contributed by atoms with E-state index in [1.165, 1.54) is 5.56 Å². The van der Waals surface area contributed by atoms with E-state index in [0.29, 0.717) is 12.5 Å². The Kier molecular flexibility index (Phi) is 4.70. The molecule has 0 aliphatic carbocycles. The molecule has 0 atom stereocenters. The molecular formula is C21H20N4O2. The van der Waals surface area contributed by atoms with E-state index in [9.17, 15) is 4.79 Å². The van der Waals surface area contributed by atoms with Crippen molar-refractivity contribution in [2.75, 3.05) is 24.3 Å². The second-order valence-electron chi connectivity index (χ2n) is 6.36. The number of ether oxygens (including phenoxy) is 1. The first-order chi connectivity index (χ1) is 13.2. The van der Waals surface area contributed by atoms with E-state index >= 15 is 0 Å². The van der Waals surface area contributed by atoms with Gasteiger partial charge in [-0.1, -0.05) is 30.3 Å². The van der Waals surface area contributed by atoms with Crippen molar-refractivity contribution in [1.82, 2.24) is 9.97 Å². The first kappa shape index (κ1) is 17.0. The van der Waals surface area contributed by atoms with Gasteiger partial charge in [0.05, 0.1) is 24.9 Å². The fourth-order valence-corrected chi connectivity index (χ4v) is 3.13. The third-order valence-corrected chi connectivity index (χ3v) is 4.53. The van der Waals surface area contributed by atoms with Gasteiger partial charge in [-0.3, -0.25) is 4.79 Å². The molecule has 2 aromatic carbocycles. The van der Waals surface area contributed by atoms with Crippen LogP contribution in [-0.2, 0) is 17.6 Å². The molecule has 0 spiro atoms. The lowest BCUT2D eigenvalue weighted by Crippen LogP contribution is -2.13. The van der Waals surface area contributed by atoms with Crippen LogP contribution in [-0.4, -0.2) is 29.5 Å². The molecule has 136 valence electrons. The maximum absolute atomic E-state index is 12.1. The van der Waals surface area contributed by atoms with Gasteiger partial charge in [0, 0.05) is 23.9 Å². The molecule has 0 saturated carbocycles. The van der Waals surface area contributed by atoms with Crippen molar-refractivity contribution in [3.63, 3.8) is 0 Å². The Morgan fingerprint density at radius 2 is 1.96 bits per heavy atom. The second kappa shape index (κ2) is 7.45. The summed E-state index contributed by atoms with van der Waals surface area (Å²) in [5.41, 5.74) is 4.53. The van der Waals surface area contributed by atoms with Gasteiger partial charge in [-0.15, -0.1) is 0 Å². The van der Waals surface area contributed by atoms with Gasteiger partial charge >= 0.3 is 0 Å². The van der Waals surface area contributed by atoms with Crippen molar-refractivity contribution < 1.29 is 9.53 Å². The molecule has 0 saturated heterocycles. The van der Waals surface area contributed by atoms with Crippen LogP contribution in [0.15, 0.2) is 54.7 Å². The fraction of sp³-hybridized carbons (Fsp3) is 0.190. The van der Waals surface area contributed by atoms with Gasteiger partial charge in [0.2, 0.25) is 11.9 Å². The summed E-state index contributed by atoms with van der Waals surface area (Å²) in [5.74, 6) is 1.36. The second-order valence-corrected chi connectivity index (χ2v) is 6.36. The van der Waals surface area contributed by atoms with Crippen LogP contribution in [0.25, 0.3) is 11.3 Å². The van der Waals surface area contributed by atoms with Crippen LogP contribution in [0.4, 0.5) is 11.6 Å². The van der Waals surface area contributed by atoms with Crippen molar-refractivity contribution in [1.29, 1.82) is 0 Å². The topological polar surface area (TPSA) is 76.1 Å². The van der Waals surface area contributed by atoms with Crippen LogP contribution in [0, 0.1) is 0 Å². The van der Waals surface area contributed by atoms with E-state index in [1.807, 2.05) is 48.5 Å². The third-order valence-electron chi connectivity index (χ3n) is 4.53. The van der Waals surface area contributed by atoms with Gasteiger partial charge in [-0.05, 0) is 30.2 Å². The highest BCUT2D eigenvalue weighted by Gasteiger charge is 2.20. The number of nitrogens with one attached hydrogen (secondary N) is 2. The number of nitrogens with zero attached hydrogens (tertiary/aromatic N) is 2. The van der Waals surface area contributed by atoms with Crippen LogP contribution < -0.4 is 15.4 Å². The molecule has 1 aliphatic rings. The first-order valence-electron chi connectivity index (χ1n) is 8.85. The zero-order valence-corrected chi connectivity index (χ0v) is 15.0. The zero-order chi connectivity index (χ0) is 18.6. The minimum absolute atomic E-state index is 0.0509. The number of hydrogen-bond donors (Lipinski definition) is 2. The summed E-state index contributed by atoms with van der Waals surface area (Å²) in [6.45, 7) is 0.712. The van der Waals surface area contributed by atoms with E-state index in [-0.39, 0.29) is 12.3 Å². The summed E-state index contributed by atoms with van der Waals surface area (Å²) in [6.07, 6.45) is 2.86. The first-order valence-corrected chi connectivity index (χ1v) is 8.85. The van der Waals surface area contributed by atoms with Gasteiger partial charge in [0.15, 0.2) is 0 Å². The smallest absolute Gasteiger partial charge is 0.228 e. The predicted octanol–water partition coefficient (Wildman–Crippen LogP) is 3.30. The van der Waals surface area contributed by atoms with Crippen molar-refractivity contribution in [2.24, 2.45) is 0 Å². The Hall–Kier alpha value is -3.41. The van der Waals surface area contributed by atoms with E-state index in [0.717, 1.165) is 34.7 Å². The van der Waals surface area contributed by atoms with Crippen molar-refractivity contribution in [3.05, 3.63) is 65.9 Å². The number of benzene rings is 2. The van der Waals surface area contributed by atoms with Crippen molar-refractivity contribution >= 4 is 17.5 Å². The normalized spacial score (nSPS) is 12.4. The minimum atomic E-state index is -0.0509. The van der Waals surface area contributed by atoms with Crippen LogP contribution in [0.5, 0.6) is 5.75 Å². The lowest BCUT2D eigenvalue weighted by atomic mass is 10.1. The molecule has 2 heterocycles. The number of carbonyl (C=O) groups is 1. The standard InChI is InChI=1S/C21H20N4O2/c1-27-16-8-6-14(7-9-16)10-11-22-21-23-13-15-12-19(26)24-18-5-3-2-4-17(18)20(15)25-21/h2-9,13H,10-12H2,1H3,(H,24,26)(H,22,23,25). The molecule has 1 aromatic heterocycles. The maximum Gasteiger partial charge on any atom is 0.228 e. The third kappa shape index (κ3) is 3.74. The van der Waals surface area contributed by atoms with E-state index < -0.39 is 0 Å². The molecule has 1 amide bonds. The average molecular weight is 360 g/mol. The van der Waals surface area contributed by atoms with Gasteiger partial charge in [0.1, 0.15) is 5.75 Å². The van der Waals surface area contributed by atoms with E-state index in [4.69, 9.17) is 4.74 Å². The molecule has 0 bridgehead atoms. The number of hydrogen-bond acceptors (Lipinski definition) is 5. The quantitative estimate of drug-likeness (QED) is 0.730. The Balaban J connectivity index is 1.51. The summed E-state index contributed by atoms with van der Waals surface area (Å²) in [5, 5.41) is 6.20. The van der Waals surface area contributed by atoms with Crippen molar-refractivity contribution in [2.45, 2.75) is 12.8 Å². The Bertz CT molecular complexity index is 970. The van der Waals surface area contributed by atoms with Crippen LogP contribution >= 0.6 is 0 Å². The predicted molar refractivity (Wildman–Crippen MR) is 105 cm³/mol. The number of aromatic nitrogens is 2. The molecule has 1 aliphatic heterocycles. The molecule has 3 aromatic rings. The summed E-state index contributed by atoms with van der Waals surface area (Å²) >= 11 is 0. The van der Waals surface area contributed by atoms with Gasteiger partial charge < -0.3 is 15.4 Å². The van der Waals surface area contributed by atoms with E-state index in [1.54, 1.807) is 13.3 Å². The van der Waals surface area contributed by atoms with Gasteiger partial charge in [0.25, 0.3) is 0 Å². The van der Waals surface area contributed by atoms with Gasteiger partial charge in [-0.2, -0.15) is 0 Å². The number of anilines is 2. The highest BCUT2D eigenvalue weighted by Crippen LogP contribution is 2.32. The number of fused-ring (bicyclic) bond motifs is 3. The molecule has 27 heavy (non-hydrogen) atoms. The summed E-state index contributed by atoms with van der Waals surface area (Å²) in [6, 6.07) is 15.7. The van der Waals surface area contributed by atoms with Crippen molar-refractivity contribution in [3.8, 4) is 17.0 Å². The van der Waals surface area contributed by atoms with Gasteiger partial charge in [-0.25, -0.2) is 9.97 Å². The molecule has 6 heteroatoms. The molecule has 0 radical (unpaired) electrons. The number of amides is 1. The summed E-state index contributed by atoms with van der Waals surface area (Å²) in [4.78, 5) is 21.1. The maximum atomic E-state index is 12.1. The number of rotatable bonds is 5. The lowest BCUT2D eigenvalue weighted by molar-refractivity contribution is -0.115.